The molecule has 1 rings (SSSR count). The number of carbonyl (C=O) groups is 1. The van der Waals surface area contributed by atoms with Gasteiger partial charge in [0, 0.05) is 18.3 Å². The Kier molecular flexibility index (Phi) is 3.31. The summed E-state index contributed by atoms with van der Waals surface area (Å²) in [5.74, 6) is 0.236. The highest BCUT2D eigenvalue weighted by Gasteiger charge is 2.02. The summed E-state index contributed by atoms with van der Waals surface area (Å²) in [5, 5.41) is 3.00. The summed E-state index contributed by atoms with van der Waals surface area (Å²) < 4.78 is 4.92. The summed E-state index contributed by atoms with van der Waals surface area (Å²) in [4.78, 5) is 11.3. The van der Waals surface area contributed by atoms with Crippen LogP contribution in [0, 0.1) is 0 Å². The Morgan fingerprint density at radius 2 is 2.38 bits per heavy atom. The van der Waals surface area contributed by atoms with Gasteiger partial charge in [-0.25, -0.2) is 0 Å². The summed E-state index contributed by atoms with van der Waals surface area (Å²) in [5.41, 5.74) is 0. The molecule has 0 spiro atoms. The number of hydrogen-bond acceptors (Lipinski definition) is 3. The van der Waals surface area contributed by atoms with E-state index in [1.807, 2.05) is 13.8 Å². The number of furan rings is 1. The second-order valence-corrected chi connectivity index (χ2v) is 3.00. The van der Waals surface area contributed by atoms with Crippen LogP contribution in [0.1, 0.15) is 24.4 Å². The predicted molar refractivity (Wildman–Crippen MR) is 50.5 cm³/mol. The van der Waals surface area contributed by atoms with Crippen molar-refractivity contribution < 1.29 is 9.21 Å². The van der Waals surface area contributed by atoms with Gasteiger partial charge in [0.25, 0.3) is 0 Å². The van der Waals surface area contributed by atoms with Gasteiger partial charge in [-0.3, -0.25) is 4.79 Å². The van der Waals surface area contributed by atoms with Crippen molar-refractivity contribution >= 4 is 5.78 Å². The third-order valence-electron chi connectivity index (χ3n) is 1.43. The molecule has 3 nitrogen and oxygen atoms in total. The van der Waals surface area contributed by atoms with Crippen molar-refractivity contribution in [2.45, 2.75) is 19.9 Å². The van der Waals surface area contributed by atoms with E-state index in [0.29, 0.717) is 11.8 Å². The molecule has 1 N–H and O–H groups in total. The highest BCUT2D eigenvalue weighted by molar-refractivity contribution is 6.02. The zero-order valence-electron chi connectivity index (χ0n) is 7.78. The van der Waals surface area contributed by atoms with E-state index in [9.17, 15) is 4.79 Å². The number of carbonyl (C=O) groups excluding carboxylic acids is 1. The van der Waals surface area contributed by atoms with Gasteiger partial charge in [0.2, 0.25) is 5.78 Å². The fourth-order valence-corrected chi connectivity index (χ4v) is 0.817. The van der Waals surface area contributed by atoms with Crippen LogP contribution in [0.5, 0.6) is 0 Å². The van der Waals surface area contributed by atoms with E-state index in [2.05, 4.69) is 5.32 Å². The highest BCUT2D eigenvalue weighted by atomic mass is 16.3. The van der Waals surface area contributed by atoms with Crippen LogP contribution in [-0.2, 0) is 0 Å². The minimum atomic E-state index is -0.127. The van der Waals surface area contributed by atoms with E-state index in [1.165, 1.54) is 12.3 Å². The van der Waals surface area contributed by atoms with Crippen LogP contribution < -0.4 is 5.32 Å². The molecule has 13 heavy (non-hydrogen) atoms. The van der Waals surface area contributed by atoms with Crippen molar-refractivity contribution in [2.24, 2.45) is 0 Å². The fraction of sp³-hybridized carbons (Fsp3) is 0.300. The molecule has 0 saturated carbocycles. The second kappa shape index (κ2) is 4.50. The SMILES string of the molecule is CC(C)N/C=C\C(=O)c1ccco1. The highest BCUT2D eigenvalue weighted by Crippen LogP contribution is 2.01. The Hall–Kier alpha value is -1.51. The molecule has 0 aliphatic heterocycles. The lowest BCUT2D eigenvalue weighted by Gasteiger charge is -2.01. The van der Waals surface area contributed by atoms with Crippen LogP contribution in [0.4, 0.5) is 0 Å². The number of rotatable bonds is 4. The first-order valence-corrected chi connectivity index (χ1v) is 4.20. The molecule has 0 bridgehead atoms. The largest absolute Gasteiger partial charge is 0.461 e. The van der Waals surface area contributed by atoms with E-state index in [0.717, 1.165) is 0 Å². The molecular formula is C10H13NO2. The summed E-state index contributed by atoms with van der Waals surface area (Å²) in [6, 6.07) is 3.67. The number of nitrogens with one attached hydrogen (secondary N) is 1. The minimum Gasteiger partial charge on any atom is -0.461 e. The molecule has 0 aromatic carbocycles. The number of hydrogen-bond donors (Lipinski definition) is 1. The van der Waals surface area contributed by atoms with Gasteiger partial charge in [-0.1, -0.05) is 0 Å². The molecule has 0 amide bonds. The summed E-state index contributed by atoms with van der Waals surface area (Å²) in [6.45, 7) is 4.00. The molecule has 3 heteroatoms. The summed E-state index contributed by atoms with van der Waals surface area (Å²) >= 11 is 0. The van der Waals surface area contributed by atoms with Gasteiger partial charge in [0.15, 0.2) is 5.76 Å². The van der Waals surface area contributed by atoms with Crippen LogP contribution in [0.15, 0.2) is 35.1 Å². The third kappa shape index (κ3) is 3.15. The molecule has 0 radical (unpaired) electrons. The summed E-state index contributed by atoms with van der Waals surface area (Å²) in [6.07, 6.45) is 4.57. The van der Waals surface area contributed by atoms with Crippen molar-refractivity contribution in [3.63, 3.8) is 0 Å². The first kappa shape index (κ1) is 9.58. The Labute approximate surface area is 77.4 Å². The first-order chi connectivity index (χ1) is 6.20. The van der Waals surface area contributed by atoms with Crippen LogP contribution in [0.3, 0.4) is 0 Å². The lowest BCUT2D eigenvalue weighted by atomic mass is 10.3. The van der Waals surface area contributed by atoms with Crippen LogP contribution in [0.25, 0.3) is 0 Å². The Balaban J connectivity index is 2.47. The minimum absolute atomic E-state index is 0.127. The van der Waals surface area contributed by atoms with E-state index < -0.39 is 0 Å². The number of allylic oxidation sites excluding steroid dienone is 1. The van der Waals surface area contributed by atoms with Gasteiger partial charge in [0.1, 0.15) is 0 Å². The standard InChI is InChI=1S/C10H13NO2/c1-8(2)11-6-5-9(12)10-4-3-7-13-10/h3-8,11H,1-2H3/b6-5-. The van der Waals surface area contributed by atoms with Gasteiger partial charge < -0.3 is 9.73 Å². The Morgan fingerprint density at radius 1 is 1.62 bits per heavy atom. The van der Waals surface area contributed by atoms with Gasteiger partial charge in [0.05, 0.1) is 6.26 Å². The van der Waals surface area contributed by atoms with Crippen molar-refractivity contribution in [2.75, 3.05) is 0 Å². The van der Waals surface area contributed by atoms with Crippen LogP contribution in [-0.4, -0.2) is 11.8 Å². The fourth-order valence-electron chi connectivity index (χ4n) is 0.817. The lowest BCUT2D eigenvalue weighted by Crippen LogP contribution is -2.15. The van der Waals surface area contributed by atoms with Gasteiger partial charge in [-0.05, 0) is 26.0 Å². The van der Waals surface area contributed by atoms with Crippen molar-refractivity contribution in [3.8, 4) is 0 Å². The smallest absolute Gasteiger partial charge is 0.222 e. The van der Waals surface area contributed by atoms with Crippen molar-refractivity contribution in [3.05, 3.63) is 36.4 Å². The first-order valence-electron chi connectivity index (χ1n) is 4.20. The van der Waals surface area contributed by atoms with E-state index in [1.54, 1.807) is 18.3 Å². The van der Waals surface area contributed by atoms with E-state index in [4.69, 9.17) is 4.42 Å². The molecule has 1 heterocycles. The van der Waals surface area contributed by atoms with Gasteiger partial charge in [-0.15, -0.1) is 0 Å². The molecule has 0 aliphatic carbocycles. The molecular weight excluding hydrogens is 166 g/mol. The van der Waals surface area contributed by atoms with Gasteiger partial charge >= 0.3 is 0 Å². The molecule has 1 aromatic rings. The molecule has 0 atom stereocenters. The zero-order valence-corrected chi connectivity index (χ0v) is 7.78. The van der Waals surface area contributed by atoms with Crippen molar-refractivity contribution in [1.29, 1.82) is 0 Å². The van der Waals surface area contributed by atoms with Gasteiger partial charge in [-0.2, -0.15) is 0 Å². The molecule has 1 aromatic heterocycles. The number of ketones is 1. The normalized spacial score (nSPS) is 11.0. The predicted octanol–water partition coefficient (Wildman–Crippen LogP) is 1.97. The topological polar surface area (TPSA) is 42.2 Å². The Morgan fingerprint density at radius 3 is 2.92 bits per heavy atom. The maximum atomic E-state index is 11.3. The maximum absolute atomic E-state index is 11.3. The van der Waals surface area contributed by atoms with Crippen LogP contribution in [0.2, 0.25) is 0 Å². The average Bonchev–Trinajstić information content (AvgIpc) is 2.55. The molecule has 0 aliphatic rings. The van der Waals surface area contributed by atoms with Crippen LogP contribution >= 0.6 is 0 Å². The molecule has 0 unspecified atom stereocenters. The molecule has 70 valence electrons. The third-order valence-corrected chi connectivity index (χ3v) is 1.43. The second-order valence-electron chi connectivity index (χ2n) is 3.00. The lowest BCUT2D eigenvalue weighted by molar-refractivity contribution is 0.102. The zero-order chi connectivity index (χ0) is 9.68. The monoisotopic (exact) mass is 179 g/mol. The van der Waals surface area contributed by atoms with E-state index in [-0.39, 0.29) is 5.78 Å². The summed E-state index contributed by atoms with van der Waals surface area (Å²) in [7, 11) is 0. The van der Waals surface area contributed by atoms with E-state index >= 15 is 0 Å². The molecule has 0 saturated heterocycles. The van der Waals surface area contributed by atoms with Crippen molar-refractivity contribution in [1.82, 2.24) is 5.32 Å². The quantitative estimate of drug-likeness (QED) is 0.567. The average molecular weight is 179 g/mol. The molecule has 0 fully saturated rings. The maximum Gasteiger partial charge on any atom is 0.222 e. The Bertz CT molecular complexity index is 286.